The molecule has 5 amide bonds. The van der Waals surface area contributed by atoms with Crippen LogP contribution in [0.25, 0.3) is 0 Å². The van der Waals surface area contributed by atoms with Gasteiger partial charge in [-0.15, -0.1) is 0 Å². The molecule has 0 saturated carbocycles. The standard InChI is InChI=1S/C32H48N8O5S2/c1-33-26(41)23-25(40(5)28(42)15-7-6-10-22-46-47-27-14-8-9-16-34-27)31(44)36-18-12-20-39(4)32(45)29-24(13-11-17-35-29)30(43)37-19-21-38(2)3/h8-9,11,13-14,16-17,25H,6-7,10,12,15,18-23H2,1-5H3,(H,33,41)(H,36,44)(H,37,43)/t25-/m0/s1. The molecule has 0 aromatic carbocycles. The Balaban J connectivity index is 1.81. The van der Waals surface area contributed by atoms with E-state index >= 15 is 0 Å². The number of amides is 5. The Morgan fingerprint density at radius 1 is 0.851 bits per heavy atom. The van der Waals surface area contributed by atoms with Gasteiger partial charge >= 0.3 is 0 Å². The fraction of sp³-hybridized carbons (Fsp3) is 0.531. The van der Waals surface area contributed by atoms with Crippen LogP contribution < -0.4 is 16.0 Å². The number of pyridine rings is 2. The molecule has 2 aromatic heterocycles. The summed E-state index contributed by atoms with van der Waals surface area (Å²) in [7, 11) is 11.8. The molecular weight excluding hydrogens is 641 g/mol. The van der Waals surface area contributed by atoms with Crippen molar-refractivity contribution in [3.8, 4) is 0 Å². The Morgan fingerprint density at radius 2 is 1.62 bits per heavy atom. The van der Waals surface area contributed by atoms with Crippen LogP contribution >= 0.6 is 21.6 Å². The normalized spacial score (nSPS) is 11.4. The lowest BCUT2D eigenvalue weighted by molar-refractivity contribution is -0.141. The minimum Gasteiger partial charge on any atom is -0.359 e. The van der Waals surface area contributed by atoms with Crippen molar-refractivity contribution in [2.75, 3.05) is 67.2 Å². The van der Waals surface area contributed by atoms with Crippen LogP contribution in [-0.4, -0.2) is 127 Å². The van der Waals surface area contributed by atoms with Crippen molar-refractivity contribution in [1.29, 1.82) is 0 Å². The minimum atomic E-state index is -0.964. The maximum absolute atomic E-state index is 13.1. The number of nitrogens with zero attached hydrogens (tertiary/aromatic N) is 5. The van der Waals surface area contributed by atoms with Crippen LogP contribution in [0.15, 0.2) is 47.8 Å². The Bertz CT molecular complexity index is 1300. The van der Waals surface area contributed by atoms with Gasteiger partial charge in [-0.2, -0.15) is 0 Å². The van der Waals surface area contributed by atoms with Crippen molar-refractivity contribution in [2.24, 2.45) is 0 Å². The largest absolute Gasteiger partial charge is 0.359 e. The number of unbranched alkanes of at least 4 members (excludes halogenated alkanes) is 2. The number of rotatable bonds is 21. The molecule has 258 valence electrons. The van der Waals surface area contributed by atoms with Gasteiger partial charge in [0.05, 0.1) is 12.0 Å². The van der Waals surface area contributed by atoms with Gasteiger partial charge in [0.25, 0.3) is 11.8 Å². The molecule has 3 N–H and O–H groups in total. The van der Waals surface area contributed by atoms with Gasteiger partial charge in [0, 0.05) is 71.9 Å². The molecule has 2 heterocycles. The van der Waals surface area contributed by atoms with Gasteiger partial charge in [0.15, 0.2) is 0 Å². The maximum atomic E-state index is 13.1. The number of hydrogen-bond acceptors (Lipinski definition) is 10. The molecule has 2 aromatic rings. The molecule has 47 heavy (non-hydrogen) atoms. The topological polar surface area (TPSA) is 157 Å². The monoisotopic (exact) mass is 688 g/mol. The molecule has 0 radical (unpaired) electrons. The average molecular weight is 689 g/mol. The second-order valence-electron chi connectivity index (χ2n) is 11.1. The zero-order chi connectivity index (χ0) is 34.6. The van der Waals surface area contributed by atoms with E-state index < -0.39 is 17.9 Å². The molecule has 1 atom stereocenters. The van der Waals surface area contributed by atoms with E-state index in [9.17, 15) is 24.0 Å². The molecule has 0 bridgehead atoms. The second kappa shape index (κ2) is 22.0. The highest BCUT2D eigenvalue weighted by Gasteiger charge is 2.29. The molecule has 15 heteroatoms. The first kappa shape index (κ1) is 39.5. The molecular formula is C32H48N8O5S2. The van der Waals surface area contributed by atoms with Gasteiger partial charge < -0.3 is 30.7 Å². The van der Waals surface area contributed by atoms with Crippen molar-refractivity contribution < 1.29 is 24.0 Å². The first-order valence-corrected chi connectivity index (χ1v) is 17.9. The van der Waals surface area contributed by atoms with Gasteiger partial charge in [-0.1, -0.05) is 23.3 Å². The highest BCUT2D eigenvalue weighted by molar-refractivity contribution is 8.76. The summed E-state index contributed by atoms with van der Waals surface area (Å²) < 4.78 is 0. The molecule has 0 unspecified atom stereocenters. The summed E-state index contributed by atoms with van der Waals surface area (Å²) in [6.45, 7) is 1.58. The average Bonchev–Trinajstić information content (AvgIpc) is 3.07. The molecule has 13 nitrogen and oxygen atoms in total. The molecule has 0 saturated heterocycles. The summed E-state index contributed by atoms with van der Waals surface area (Å²) in [5, 5.41) is 9.09. The van der Waals surface area contributed by atoms with E-state index in [0.717, 1.165) is 23.6 Å². The minimum absolute atomic E-state index is 0.0503. The maximum Gasteiger partial charge on any atom is 0.273 e. The van der Waals surface area contributed by atoms with E-state index in [1.54, 1.807) is 54.0 Å². The van der Waals surface area contributed by atoms with Gasteiger partial charge in [0.1, 0.15) is 16.8 Å². The Kier molecular flexibility index (Phi) is 18.5. The van der Waals surface area contributed by atoms with Crippen molar-refractivity contribution in [1.82, 2.24) is 40.6 Å². The summed E-state index contributed by atoms with van der Waals surface area (Å²) in [5.74, 6) is -0.852. The molecule has 0 spiro atoms. The van der Waals surface area contributed by atoms with Crippen LogP contribution in [-0.2, 0) is 14.4 Å². The van der Waals surface area contributed by atoms with Crippen molar-refractivity contribution in [3.05, 3.63) is 54.0 Å². The van der Waals surface area contributed by atoms with E-state index in [0.29, 0.717) is 25.9 Å². The van der Waals surface area contributed by atoms with Crippen LogP contribution in [0.1, 0.15) is 59.4 Å². The highest BCUT2D eigenvalue weighted by atomic mass is 33.1. The smallest absolute Gasteiger partial charge is 0.273 e. The predicted molar refractivity (Wildman–Crippen MR) is 186 cm³/mol. The lowest BCUT2D eigenvalue weighted by Crippen LogP contribution is -2.50. The number of carbonyl (C=O) groups excluding carboxylic acids is 5. The van der Waals surface area contributed by atoms with Crippen molar-refractivity contribution in [3.63, 3.8) is 0 Å². The SMILES string of the molecule is CNC(=O)C[C@@H](C(=O)NCCCN(C)C(=O)c1ncccc1C(=O)NCCN(C)C)N(C)C(=O)CCCCCSSc1ccccn1. The Hall–Kier alpha value is -3.69. The predicted octanol–water partition coefficient (Wildman–Crippen LogP) is 2.31. The summed E-state index contributed by atoms with van der Waals surface area (Å²) in [5.41, 5.74) is 0.244. The Morgan fingerprint density at radius 3 is 2.32 bits per heavy atom. The first-order chi connectivity index (χ1) is 22.5. The van der Waals surface area contributed by atoms with Crippen LogP contribution in [0.5, 0.6) is 0 Å². The van der Waals surface area contributed by atoms with Crippen LogP contribution in [0.4, 0.5) is 0 Å². The fourth-order valence-electron chi connectivity index (χ4n) is 4.32. The third kappa shape index (κ3) is 14.7. The van der Waals surface area contributed by atoms with Gasteiger partial charge in [-0.25, -0.2) is 4.98 Å². The molecule has 0 aliphatic rings. The van der Waals surface area contributed by atoms with E-state index in [4.69, 9.17) is 0 Å². The second-order valence-corrected chi connectivity index (χ2v) is 13.5. The zero-order valence-corrected chi connectivity index (χ0v) is 29.6. The molecule has 0 aliphatic carbocycles. The summed E-state index contributed by atoms with van der Waals surface area (Å²) in [4.78, 5) is 77.2. The van der Waals surface area contributed by atoms with E-state index in [-0.39, 0.29) is 54.9 Å². The summed E-state index contributed by atoms with van der Waals surface area (Å²) in [6, 6.07) is 8.01. The van der Waals surface area contributed by atoms with E-state index in [1.807, 2.05) is 37.2 Å². The lowest BCUT2D eigenvalue weighted by atomic mass is 10.1. The highest BCUT2D eigenvalue weighted by Crippen LogP contribution is 2.29. The number of carbonyl (C=O) groups is 5. The third-order valence-electron chi connectivity index (χ3n) is 7.14. The number of likely N-dealkylation sites (N-methyl/N-ethyl adjacent to an activating group) is 2. The zero-order valence-electron chi connectivity index (χ0n) is 28.0. The first-order valence-electron chi connectivity index (χ1n) is 15.6. The number of hydrogen-bond donors (Lipinski definition) is 3. The quantitative estimate of drug-likeness (QED) is 0.131. The van der Waals surface area contributed by atoms with E-state index in [2.05, 4.69) is 25.9 Å². The third-order valence-corrected chi connectivity index (χ3v) is 9.49. The van der Waals surface area contributed by atoms with Gasteiger partial charge in [-0.05, 0) is 68.4 Å². The van der Waals surface area contributed by atoms with Crippen LogP contribution in [0.2, 0.25) is 0 Å². The summed E-state index contributed by atoms with van der Waals surface area (Å²) in [6.07, 6.45) is 6.26. The number of aromatic nitrogens is 2. The van der Waals surface area contributed by atoms with Crippen molar-refractivity contribution >= 4 is 51.1 Å². The molecule has 2 rings (SSSR count). The molecule has 0 aliphatic heterocycles. The molecule has 0 fully saturated rings. The fourth-order valence-corrected chi connectivity index (χ4v) is 6.35. The van der Waals surface area contributed by atoms with Crippen molar-refractivity contribution in [2.45, 2.75) is 49.6 Å². The van der Waals surface area contributed by atoms with Gasteiger partial charge in [0.2, 0.25) is 17.7 Å². The summed E-state index contributed by atoms with van der Waals surface area (Å²) >= 11 is 0. The van der Waals surface area contributed by atoms with Crippen LogP contribution in [0.3, 0.4) is 0 Å². The Labute approximate surface area is 285 Å². The van der Waals surface area contributed by atoms with Gasteiger partial charge in [-0.3, -0.25) is 29.0 Å². The van der Waals surface area contributed by atoms with E-state index in [1.165, 1.54) is 23.0 Å². The van der Waals surface area contributed by atoms with Crippen LogP contribution in [0, 0.1) is 0 Å². The number of nitrogens with one attached hydrogen (secondary N) is 3. The lowest BCUT2D eigenvalue weighted by Gasteiger charge is -2.27.